The molecule has 0 saturated heterocycles. The van der Waals surface area contributed by atoms with Crippen molar-refractivity contribution in [3.63, 3.8) is 0 Å². The van der Waals surface area contributed by atoms with Gasteiger partial charge in [0.2, 0.25) is 10.0 Å². The van der Waals surface area contributed by atoms with Crippen LogP contribution >= 0.6 is 0 Å². The van der Waals surface area contributed by atoms with Gasteiger partial charge in [0, 0.05) is 18.7 Å². The second-order valence-corrected chi connectivity index (χ2v) is 8.04. The van der Waals surface area contributed by atoms with Crippen LogP contribution in [0.1, 0.15) is 36.2 Å². The summed E-state index contributed by atoms with van der Waals surface area (Å²) in [6, 6.07) is 15.3. The number of hydrogen-bond acceptors (Lipinski definition) is 3. The molecule has 1 amide bonds. The summed E-state index contributed by atoms with van der Waals surface area (Å²) in [5, 5.41) is 2.83. The highest BCUT2D eigenvalue weighted by Crippen LogP contribution is 2.12. The third-order valence-electron chi connectivity index (χ3n) is 3.74. The van der Waals surface area contributed by atoms with E-state index in [4.69, 9.17) is 0 Å². The number of benzene rings is 2. The molecule has 6 heteroatoms. The lowest BCUT2D eigenvalue weighted by Gasteiger charge is -2.09. The maximum absolute atomic E-state index is 12.3. The van der Waals surface area contributed by atoms with Crippen LogP contribution in [0.25, 0.3) is 0 Å². The Balaban J connectivity index is 1.97. The summed E-state index contributed by atoms with van der Waals surface area (Å²) < 4.78 is 27.2. The van der Waals surface area contributed by atoms with Crippen molar-refractivity contribution >= 4 is 15.9 Å². The van der Waals surface area contributed by atoms with Crippen LogP contribution in [0.3, 0.4) is 0 Å². The van der Waals surface area contributed by atoms with Crippen LogP contribution in [0.4, 0.5) is 0 Å². The van der Waals surface area contributed by atoms with Crippen molar-refractivity contribution in [2.45, 2.75) is 31.7 Å². The molecule has 0 radical (unpaired) electrons. The number of sulfonamides is 1. The van der Waals surface area contributed by atoms with Crippen molar-refractivity contribution in [3.05, 3.63) is 65.7 Å². The molecular formula is C19H24N2O3S. The third-order valence-corrected chi connectivity index (χ3v) is 5.16. The first-order valence-electron chi connectivity index (χ1n) is 8.30. The lowest BCUT2D eigenvalue weighted by atomic mass is 10.1. The van der Waals surface area contributed by atoms with E-state index in [1.165, 1.54) is 24.3 Å². The molecule has 2 aromatic carbocycles. The summed E-state index contributed by atoms with van der Waals surface area (Å²) in [5.41, 5.74) is 1.33. The molecule has 0 fully saturated rings. The second-order valence-electron chi connectivity index (χ2n) is 6.27. The summed E-state index contributed by atoms with van der Waals surface area (Å²) in [7, 11) is -3.61. The number of nitrogens with one attached hydrogen (secondary N) is 2. The van der Waals surface area contributed by atoms with Gasteiger partial charge in [-0.25, -0.2) is 13.1 Å². The summed E-state index contributed by atoms with van der Waals surface area (Å²) in [6.07, 6.45) is 0.904. The second kappa shape index (κ2) is 8.78. The number of hydrogen-bond donors (Lipinski definition) is 2. The van der Waals surface area contributed by atoms with Crippen LogP contribution in [0.2, 0.25) is 0 Å². The van der Waals surface area contributed by atoms with Crippen molar-refractivity contribution < 1.29 is 13.2 Å². The highest BCUT2D eigenvalue weighted by molar-refractivity contribution is 7.89. The Kier molecular flexibility index (Phi) is 6.73. The van der Waals surface area contributed by atoms with Crippen molar-refractivity contribution in [2.75, 3.05) is 6.54 Å². The van der Waals surface area contributed by atoms with Gasteiger partial charge in [-0.2, -0.15) is 0 Å². The number of amides is 1. The Bertz CT molecular complexity index is 785. The summed E-state index contributed by atoms with van der Waals surface area (Å²) in [6.45, 7) is 5.01. The Labute approximate surface area is 149 Å². The van der Waals surface area contributed by atoms with Gasteiger partial charge >= 0.3 is 0 Å². The standard InChI is InChI=1S/C19H24N2O3S/c1-15(2)12-13-20-19(22)17-8-10-18(11-9-17)25(23,24)21-14-16-6-4-3-5-7-16/h3-11,15,21H,12-14H2,1-2H3,(H,20,22). The quantitative estimate of drug-likeness (QED) is 0.760. The third kappa shape index (κ3) is 5.99. The van der Waals surface area contributed by atoms with Gasteiger partial charge in [-0.3, -0.25) is 4.79 Å². The molecule has 0 atom stereocenters. The van der Waals surface area contributed by atoms with Gasteiger partial charge in [0.1, 0.15) is 0 Å². The molecule has 25 heavy (non-hydrogen) atoms. The molecule has 0 aliphatic rings. The van der Waals surface area contributed by atoms with E-state index in [1.807, 2.05) is 30.3 Å². The maximum atomic E-state index is 12.3. The lowest BCUT2D eigenvalue weighted by Crippen LogP contribution is -2.26. The van der Waals surface area contributed by atoms with Gasteiger partial charge in [-0.15, -0.1) is 0 Å². The minimum Gasteiger partial charge on any atom is -0.352 e. The number of rotatable bonds is 8. The molecule has 0 saturated carbocycles. The Hall–Kier alpha value is -2.18. The van der Waals surface area contributed by atoms with E-state index in [2.05, 4.69) is 23.9 Å². The SMILES string of the molecule is CC(C)CCNC(=O)c1ccc(S(=O)(=O)NCc2ccccc2)cc1. The van der Waals surface area contributed by atoms with Gasteiger partial charge in [0.25, 0.3) is 5.91 Å². The highest BCUT2D eigenvalue weighted by Gasteiger charge is 2.14. The predicted molar refractivity (Wildman–Crippen MR) is 98.7 cm³/mol. The van der Waals surface area contributed by atoms with Crippen LogP contribution in [-0.2, 0) is 16.6 Å². The molecular weight excluding hydrogens is 336 g/mol. The van der Waals surface area contributed by atoms with Crippen molar-refractivity contribution in [1.82, 2.24) is 10.0 Å². The van der Waals surface area contributed by atoms with E-state index >= 15 is 0 Å². The smallest absolute Gasteiger partial charge is 0.251 e. The van der Waals surface area contributed by atoms with Crippen molar-refractivity contribution in [1.29, 1.82) is 0 Å². The molecule has 0 aliphatic carbocycles. The molecule has 0 spiro atoms. The van der Waals surface area contributed by atoms with Gasteiger partial charge in [-0.1, -0.05) is 44.2 Å². The molecule has 2 aromatic rings. The summed E-state index contributed by atoms with van der Waals surface area (Å²) in [5.74, 6) is 0.324. The predicted octanol–water partition coefficient (Wildman–Crippen LogP) is 2.94. The van der Waals surface area contributed by atoms with Gasteiger partial charge in [0.05, 0.1) is 4.90 Å². The minimum atomic E-state index is -3.61. The van der Waals surface area contributed by atoms with Crippen LogP contribution < -0.4 is 10.0 Å². The summed E-state index contributed by atoms with van der Waals surface area (Å²) in [4.78, 5) is 12.2. The number of carbonyl (C=O) groups is 1. The first kappa shape index (κ1) is 19.1. The number of carbonyl (C=O) groups excluding carboxylic acids is 1. The molecule has 0 heterocycles. The average molecular weight is 360 g/mol. The lowest BCUT2D eigenvalue weighted by molar-refractivity contribution is 0.0952. The van der Waals surface area contributed by atoms with Crippen molar-refractivity contribution in [3.8, 4) is 0 Å². The van der Waals surface area contributed by atoms with E-state index in [9.17, 15) is 13.2 Å². The zero-order valence-electron chi connectivity index (χ0n) is 14.5. The zero-order valence-corrected chi connectivity index (χ0v) is 15.3. The first-order valence-corrected chi connectivity index (χ1v) is 9.78. The fourth-order valence-corrected chi connectivity index (χ4v) is 3.24. The molecule has 0 aliphatic heterocycles. The van der Waals surface area contributed by atoms with Crippen LogP contribution in [0, 0.1) is 5.92 Å². The molecule has 0 bridgehead atoms. The molecule has 2 rings (SSSR count). The maximum Gasteiger partial charge on any atom is 0.251 e. The molecule has 0 unspecified atom stereocenters. The fraction of sp³-hybridized carbons (Fsp3) is 0.316. The Morgan fingerprint density at radius 1 is 1.00 bits per heavy atom. The van der Waals surface area contributed by atoms with Crippen LogP contribution in [-0.4, -0.2) is 20.9 Å². The van der Waals surface area contributed by atoms with Crippen LogP contribution in [0.5, 0.6) is 0 Å². The van der Waals surface area contributed by atoms with Crippen LogP contribution in [0.15, 0.2) is 59.5 Å². The van der Waals surface area contributed by atoms with Gasteiger partial charge < -0.3 is 5.32 Å². The largest absolute Gasteiger partial charge is 0.352 e. The Morgan fingerprint density at radius 2 is 1.64 bits per heavy atom. The van der Waals surface area contributed by atoms with Crippen molar-refractivity contribution in [2.24, 2.45) is 5.92 Å². The van der Waals surface area contributed by atoms with E-state index in [-0.39, 0.29) is 17.3 Å². The monoisotopic (exact) mass is 360 g/mol. The molecule has 5 nitrogen and oxygen atoms in total. The zero-order chi connectivity index (χ0) is 18.3. The van der Waals surface area contributed by atoms with Gasteiger partial charge in [-0.05, 0) is 42.2 Å². The van der Waals surface area contributed by atoms with E-state index in [0.717, 1.165) is 12.0 Å². The first-order chi connectivity index (χ1) is 11.9. The van der Waals surface area contributed by atoms with E-state index < -0.39 is 10.0 Å². The fourth-order valence-electron chi connectivity index (χ4n) is 2.22. The minimum absolute atomic E-state index is 0.141. The molecule has 134 valence electrons. The van der Waals surface area contributed by atoms with Gasteiger partial charge in [0.15, 0.2) is 0 Å². The topological polar surface area (TPSA) is 75.3 Å². The average Bonchev–Trinajstić information content (AvgIpc) is 2.61. The molecule has 0 aromatic heterocycles. The molecule has 2 N–H and O–H groups in total. The normalized spacial score (nSPS) is 11.5. The summed E-state index contributed by atoms with van der Waals surface area (Å²) >= 11 is 0. The van der Waals surface area contributed by atoms with E-state index in [1.54, 1.807) is 0 Å². The highest BCUT2D eigenvalue weighted by atomic mass is 32.2. The Morgan fingerprint density at radius 3 is 2.24 bits per heavy atom. The van der Waals surface area contributed by atoms with E-state index in [0.29, 0.717) is 18.0 Å².